The Bertz CT molecular complexity index is 314. The fourth-order valence-corrected chi connectivity index (χ4v) is 1.55. The van der Waals surface area contributed by atoms with Gasteiger partial charge >= 0.3 is 6.18 Å². The van der Waals surface area contributed by atoms with E-state index < -0.39 is 11.7 Å². The Morgan fingerprint density at radius 3 is 2.50 bits per heavy atom. The molecule has 0 aromatic rings. The van der Waals surface area contributed by atoms with Crippen molar-refractivity contribution < 1.29 is 13.2 Å². The van der Waals surface area contributed by atoms with Crippen LogP contribution in [0.15, 0.2) is 35.5 Å². The van der Waals surface area contributed by atoms with Crippen molar-refractivity contribution in [1.82, 2.24) is 0 Å². The minimum atomic E-state index is -4.20. The first-order chi connectivity index (χ1) is 6.57. The summed E-state index contributed by atoms with van der Waals surface area (Å²) >= 11 is 0. The molecule has 0 aromatic heterocycles. The molecule has 0 aromatic carbocycles. The molecular formula is C11H11F3. The van der Waals surface area contributed by atoms with Gasteiger partial charge in [-0.15, -0.1) is 0 Å². The molecule has 0 heterocycles. The third-order valence-electron chi connectivity index (χ3n) is 2.48. The van der Waals surface area contributed by atoms with Crippen LogP contribution in [0.4, 0.5) is 13.2 Å². The summed E-state index contributed by atoms with van der Waals surface area (Å²) in [5, 5.41) is 0. The molecule has 0 unspecified atom stereocenters. The second kappa shape index (κ2) is 3.30. The average molecular weight is 200 g/mol. The predicted molar refractivity (Wildman–Crippen MR) is 48.7 cm³/mol. The van der Waals surface area contributed by atoms with Crippen LogP contribution in [0.25, 0.3) is 0 Å². The Labute approximate surface area is 80.8 Å². The van der Waals surface area contributed by atoms with Crippen LogP contribution in [0.1, 0.15) is 19.3 Å². The van der Waals surface area contributed by atoms with Crippen molar-refractivity contribution in [3.05, 3.63) is 35.5 Å². The van der Waals surface area contributed by atoms with Crippen LogP contribution < -0.4 is 0 Å². The number of rotatable bonds is 1. The van der Waals surface area contributed by atoms with Crippen molar-refractivity contribution in [2.24, 2.45) is 5.92 Å². The van der Waals surface area contributed by atoms with Crippen molar-refractivity contribution in [3.8, 4) is 0 Å². The molecule has 0 atom stereocenters. The van der Waals surface area contributed by atoms with Gasteiger partial charge in [0.25, 0.3) is 0 Å². The quantitative estimate of drug-likeness (QED) is 0.604. The molecule has 2 aliphatic carbocycles. The monoisotopic (exact) mass is 200 g/mol. The summed E-state index contributed by atoms with van der Waals surface area (Å²) in [6.45, 7) is 0. The van der Waals surface area contributed by atoms with Gasteiger partial charge in [0.1, 0.15) is 0 Å². The summed E-state index contributed by atoms with van der Waals surface area (Å²) in [4.78, 5) is 0. The third kappa shape index (κ3) is 2.08. The Hall–Kier alpha value is -0.990. The first-order valence-electron chi connectivity index (χ1n) is 4.73. The topological polar surface area (TPSA) is 0 Å². The molecule has 0 radical (unpaired) electrons. The van der Waals surface area contributed by atoms with E-state index >= 15 is 0 Å². The standard InChI is InChI=1S/C11H11F3/c12-11(13,14)10-4-2-1-3-9(7-10)8-5-6-8/h1,3-4,7-8H,2,5-6H2. The van der Waals surface area contributed by atoms with Gasteiger partial charge in [-0.25, -0.2) is 0 Å². The van der Waals surface area contributed by atoms with Crippen molar-refractivity contribution in [2.45, 2.75) is 25.4 Å². The first kappa shape index (κ1) is 9.56. The third-order valence-corrected chi connectivity index (χ3v) is 2.48. The molecule has 0 spiro atoms. The maximum Gasteiger partial charge on any atom is 0.416 e. The van der Waals surface area contributed by atoms with Crippen LogP contribution in [0.5, 0.6) is 0 Å². The van der Waals surface area contributed by atoms with Crippen LogP contribution in [-0.2, 0) is 0 Å². The number of alkyl halides is 3. The normalized spacial score (nSPS) is 22.8. The molecule has 0 amide bonds. The lowest BCUT2D eigenvalue weighted by molar-refractivity contribution is -0.0884. The van der Waals surface area contributed by atoms with Gasteiger partial charge in [-0.1, -0.05) is 18.2 Å². The zero-order valence-electron chi connectivity index (χ0n) is 7.64. The molecule has 0 aliphatic heterocycles. The lowest BCUT2D eigenvalue weighted by Crippen LogP contribution is -2.10. The van der Waals surface area contributed by atoms with Gasteiger partial charge in [0.15, 0.2) is 0 Å². The summed E-state index contributed by atoms with van der Waals surface area (Å²) in [5.41, 5.74) is 0.343. The van der Waals surface area contributed by atoms with Crippen molar-refractivity contribution >= 4 is 0 Å². The SMILES string of the molecule is FC(F)(F)C1=CCC=CC(C2CC2)=C1. The Morgan fingerprint density at radius 2 is 1.93 bits per heavy atom. The molecule has 0 bridgehead atoms. The van der Waals surface area contributed by atoms with Gasteiger partial charge in [0, 0.05) is 0 Å². The van der Waals surface area contributed by atoms with E-state index in [1.807, 2.05) is 6.08 Å². The molecule has 1 fully saturated rings. The van der Waals surface area contributed by atoms with Gasteiger partial charge in [-0.3, -0.25) is 0 Å². The van der Waals surface area contributed by atoms with Gasteiger partial charge in [-0.05, 0) is 36.8 Å². The number of halogens is 3. The molecule has 0 nitrogen and oxygen atoms in total. The van der Waals surface area contributed by atoms with Gasteiger partial charge in [-0.2, -0.15) is 13.2 Å². The summed E-state index contributed by atoms with van der Waals surface area (Å²) in [5.74, 6) is 0.370. The zero-order valence-corrected chi connectivity index (χ0v) is 7.64. The van der Waals surface area contributed by atoms with Gasteiger partial charge in [0.2, 0.25) is 0 Å². The Morgan fingerprint density at radius 1 is 1.21 bits per heavy atom. The van der Waals surface area contributed by atoms with Crippen LogP contribution in [0.3, 0.4) is 0 Å². The maximum absolute atomic E-state index is 12.4. The molecule has 1 saturated carbocycles. The summed E-state index contributed by atoms with van der Waals surface area (Å²) < 4.78 is 37.3. The summed E-state index contributed by atoms with van der Waals surface area (Å²) in [6.07, 6.45) is 4.39. The minimum absolute atomic E-state index is 0.370. The van der Waals surface area contributed by atoms with Crippen molar-refractivity contribution in [3.63, 3.8) is 0 Å². The maximum atomic E-state index is 12.4. The van der Waals surface area contributed by atoms with E-state index in [4.69, 9.17) is 0 Å². The summed E-state index contributed by atoms with van der Waals surface area (Å²) in [7, 11) is 0. The highest BCUT2D eigenvalue weighted by Gasteiger charge is 2.34. The van der Waals surface area contributed by atoms with E-state index in [1.54, 1.807) is 6.08 Å². The fraction of sp³-hybridized carbons (Fsp3) is 0.455. The lowest BCUT2D eigenvalue weighted by Gasteiger charge is -2.07. The average Bonchev–Trinajstić information content (AvgIpc) is 2.89. The van der Waals surface area contributed by atoms with E-state index in [9.17, 15) is 13.2 Å². The highest BCUT2D eigenvalue weighted by molar-refractivity contribution is 5.38. The zero-order chi connectivity index (χ0) is 10.2. The lowest BCUT2D eigenvalue weighted by atomic mass is 10.1. The minimum Gasteiger partial charge on any atom is -0.166 e. The van der Waals surface area contributed by atoms with E-state index in [-0.39, 0.29) is 0 Å². The van der Waals surface area contributed by atoms with Crippen molar-refractivity contribution in [1.29, 1.82) is 0 Å². The molecule has 76 valence electrons. The fourth-order valence-electron chi connectivity index (χ4n) is 1.55. The highest BCUT2D eigenvalue weighted by Crippen LogP contribution is 2.40. The van der Waals surface area contributed by atoms with Gasteiger partial charge in [0.05, 0.1) is 5.57 Å². The van der Waals surface area contributed by atoms with E-state index in [1.165, 1.54) is 12.2 Å². The van der Waals surface area contributed by atoms with E-state index in [0.717, 1.165) is 18.4 Å². The van der Waals surface area contributed by atoms with Gasteiger partial charge < -0.3 is 0 Å². The van der Waals surface area contributed by atoms with Crippen LogP contribution in [0, 0.1) is 5.92 Å². The second-order valence-electron chi connectivity index (χ2n) is 3.71. The largest absolute Gasteiger partial charge is 0.416 e. The first-order valence-corrected chi connectivity index (χ1v) is 4.73. The van der Waals surface area contributed by atoms with E-state index in [2.05, 4.69) is 0 Å². The molecular weight excluding hydrogens is 189 g/mol. The van der Waals surface area contributed by atoms with Crippen molar-refractivity contribution in [2.75, 3.05) is 0 Å². The second-order valence-corrected chi connectivity index (χ2v) is 3.71. The Kier molecular flexibility index (Phi) is 2.25. The molecule has 3 heteroatoms. The van der Waals surface area contributed by atoms with Crippen LogP contribution in [0.2, 0.25) is 0 Å². The number of hydrogen-bond acceptors (Lipinski definition) is 0. The predicted octanol–water partition coefficient (Wildman–Crippen LogP) is 3.77. The number of hydrogen-bond donors (Lipinski definition) is 0. The Balaban J connectivity index is 2.25. The highest BCUT2D eigenvalue weighted by atomic mass is 19.4. The van der Waals surface area contributed by atoms with E-state index in [0.29, 0.717) is 12.3 Å². The van der Waals surface area contributed by atoms with Crippen LogP contribution in [-0.4, -0.2) is 6.18 Å². The molecule has 2 rings (SSSR count). The molecule has 14 heavy (non-hydrogen) atoms. The van der Waals surface area contributed by atoms with Crippen LogP contribution >= 0.6 is 0 Å². The molecule has 2 aliphatic rings. The number of allylic oxidation sites excluding steroid dienone is 6. The summed E-state index contributed by atoms with van der Waals surface area (Å²) in [6, 6.07) is 0. The molecule has 0 N–H and O–H groups in total. The smallest absolute Gasteiger partial charge is 0.166 e. The molecule has 0 saturated heterocycles.